The van der Waals surface area contributed by atoms with E-state index in [9.17, 15) is 0 Å². The molecular formula is C17H25NO. The summed E-state index contributed by atoms with van der Waals surface area (Å²) >= 11 is 0. The van der Waals surface area contributed by atoms with Gasteiger partial charge in [-0.1, -0.05) is 31.9 Å². The highest BCUT2D eigenvalue weighted by atomic mass is 16.5. The second-order valence-electron chi connectivity index (χ2n) is 6.22. The predicted molar refractivity (Wildman–Crippen MR) is 78.4 cm³/mol. The SMILES string of the molecule is CNC(c1ccc(OC2CC2)cc1)C1CCCC1C. The first-order chi connectivity index (χ1) is 9.28. The first-order valence-electron chi connectivity index (χ1n) is 7.72. The topological polar surface area (TPSA) is 21.3 Å². The number of rotatable bonds is 5. The summed E-state index contributed by atoms with van der Waals surface area (Å²) in [5, 5.41) is 3.52. The van der Waals surface area contributed by atoms with Crippen LogP contribution in [-0.4, -0.2) is 13.2 Å². The predicted octanol–water partition coefficient (Wildman–Crippen LogP) is 3.92. The van der Waals surface area contributed by atoms with E-state index in [0.717, 1.165) is 17.6 Å². The molecule has 1 aromatic rings. The largest absolute Gasteiger partial charge is 0.490 e. The van der Waals surface area contributed by atoms with Gasteiger partial charge in [0.2, 0.25) is 0 Å². The Bertz CT molecular complexity index is 410. The van der Waals surface area contributed by atoms with E-state index >= 15 is 0 Å². The monoisotopic (exact) mass is 259 g/mol. The third kappa shape index (κ3) is 2.94. The highest BCUT2D eigenvalue weighted by Crippen LogP contribution is 2.40. The number of benzene rings is 1. The second-order valence-corrected chi connectivity index (χ2v) is 6.22. The van der Waals surface area contributed by atoms with E-state index in [0.29, 0.717) is 12.1 Å². The van der Waals surface area contributed by atoms with Gasteiger partial charge < -0.3 is 10.1 Å². The zero-order valence-electron chi connectivity index (χ0n) is 12.1. The summed E-state index contributed by atoms with van der Waals surface area (Å²) < 4.78 is 5.82. The maximum absolute atomic E-state index is 5.82. The number of hydrogen-bond acceptors (Lipinski definition) is 2. The van der Waals surface area contributed by atoms with Crippen LogP contribution >= 0.6 is 0 Å². The van der Waals surface area contributed by atoms with E-state index in [2.05, 4.69) is 43.6 Å². The Hall–Kier alpha value is -1.02. The first-order valence-corrected chi connectivity index (χ1v) is 7.72. The fraction of sp³-hybridized carbons (Fsp3) is 0.647. The van der Waals surface area contributed by atoms with E-state index in [1.165, 1.54) is 37.7 Å². The minimum Gasteiger partial charge on any atom is -0.490 e. The van der Waals surface area contributed by atoms with Crippen molar-refractivity contribution in [1.82, 2.24) is 5.32 Å². The molecule has 2 saturated carbocycles. The molecule has 0 aliphatic heterocycles. The van der Waals surface area contributed by atoms with Gasteiger partial charge in [0.25, 0.3) is 0 Å². The Morgan fingerprint density at radius 1 is 1.11 bits per heavy atom. The van der Waals surface area contributed by atoms with Gasteiger partial charge in [-0.05, 0) is 55.8 Å². The Morgan fingerprint density at radius 2 is 1.84 bits per heavy atom. The standard InChI is InChI=1S/C17H25NO/c1-12-4-3-5-16(12)17(18-2)13-6-8-14(9-7-13)19-15-10-11-15/h6-9,12,15-18H,3-5,10-11H2,1-2H3. The molecule has 104 valence electrons. The van der Waals surface area contributed by atoms with Gasteiger partial charge in [-0.25, -0.2) is 0 Å². The second kappa shape index (κ2) is 5.54. The number of hydrogen-bond donors (Lipinski definition) is 1. The smallest absolute Gasteiger partial charge is 0.119 e. The summed E-state index contributed by atoms with van der Waals surface area (Å²) in [6.45, 7) is 2.40. The third-order valence-corrected chi connectivity index (χ3v) is 4.73. The van der Waals surface area contributed by atoms with Crippen LogP contribution in [0.2, 0.25) is 0 Å². The van der Waals surface area contributed by atoms with E-state index in [4.69, 9.17) is 4.74 Å². The molecule has 19 heavy (non-hydrogen) atoms. The molecule has 0 saturated heterocycles. The van der Waals surface area contributed by atoms with Crippen LogP contribution in [0.25, 0.3) is 0 Å². The number of nitrogens with one attached hydrogen (secondary N) is 1. The summed E-state index contributed by atoms with van der Waals surface area (Å²) in [6.07, 6.45) is 7.05. The van der Waals surface area contributed by atoms with Gasteiger partial charge in [0.15, 0.2) is 0 Å². The maximum Gasteiger partial charge on any atom is 0.119 e. The van der Waals surface area contributed by atoms with Gasteiger partial charge in [0.05, 0.1) is 6.10 Å². The van der Waals surface area contributed by atoms with E-state index in [1.807, 2.05) is 0 Å². The Morgan fingerprint density at radius 3 is 2.37 bits per heavy atom. The van der Waals surface area contributed by atoms with E-state index < -0.39 is 0 Å². The van der Waals surface area contributed by atoms with Gasteiger partial charge in [-0.15, -0.1) is 0 Å². The van der Waals surface area contributed by atoms with Crippen LogP contribution in [-0.2, 0) is 0 Å². The molecule has 0 amide bonds. The van der Waals surface area contributed by atoms with Crippen molar-refractivity contribution in [3.8, 4) is 5.75 Å². The molecule has 2 heteroatoms. The summed E-state index contributed by atoms with van der Waals surface area (Å²) in [4.78, 5) is 0. The summed E-state index contributed by atoms with van der Waals surface area (Å²) in [5.74, 6) is 2.64. The zero-order chi connectivity index (χ0) is 13.2. The van der Waals surface area contributed by atoms with Crippen molar-refractivity contribution in [2.75, 3.05) is 7.05 Å². The summed E-state index contributed by atoms with van der Waals surface area (Å²) in [6, 6.07) is 9.25. The summed E-state index contributed by atoms with van der Waals surface area (Å²) in [7, 11) is 2.09. The fourth-order valence-corrected chi connectivity index (χ4v) is 3.43. The van der Waals surface area contributed by atoms with Crippen LogP contribution in [0.3, 0.4) is 0 Å². The van der Waals surface area contributed by atoms with E-state index in [-0.39, 0.29) is 0 Å². The van der Waals surface area contributed by atoms with Crippen LogP contribution in [0.4, 0.5) is 0 Å². The van der Waals surface area contributed by atoms with E-state index in [1.54, 1.807) is 0 Å². The van der Waals surface area contributed by atoms with Crippen molar-refractivity contribution >= 4 is 0 Å². The van der Waals surface area contributed by atoms with Crippen LogP contribution in [0.15, 0.2) is 24.3 Å². The molecule has 3 atom stereocenters. The fourth-order valence-electron chi connectivity index (χ4n) is 3.43. The quantitative estimate of drug-likeness (QED) is 0.865. The molecule has 0 spiro atoms. The Kier molecular flexibility index (Phi) is 3.79. The number of ether oxygens (including phenoxy) is 1. The van der Waals surface area contributed by atoms with Gasteiger partial charge >= 0.3 is 0 Å². The zero-order valence-corrected chi connectivity index (χ0v) is 12.1. The van der Waals surface area contributed by atoms with Crippen LogP contribution < -0.4 is 10.1 Å². The minimum atomic E-state index is 0.487. The van der Waals surface area contributed by atoms with Crippen LogP contribution in [0.1, 0.15) is 50.6 Å². The molecule has 2 aliphatic rings. The van der Waals surface area contributed by atoms with Gasteiger partial charge in [0.1, 0.15) is 5.75 Å². The highest BCUT2D eigenvalue weighted by molar-refractivity contribution is 5.30. The van der Waals surface area contributed by atoms with Crippen molar-refractivity contribution in [3.05, 3.63) is 29.8 Å². The van der Waals surface area contributed by atoms with Crippen molar-refractivity contribution < 1.29 is 4.74 Å². The molecule has 1 N–H and O–H groups in total. The van der Waals surface area contributed by atoms with Crippen LogP contribution in [0.5, 0.6) is 5.75 Å². The lowest BCUT2D eigenvalue weighted by molar-refractivity contribution is 0.301. The van der Waals surface area contributed by atoms with Crippen molar-refractivity contribution in [2.45, 2.75) is 51.2 Å². The lowest BCUT2D eigenvalue weighted by atomic mass is 9.86. The van der Waals surface area contributed by atoms with Gasteiger partial charge in [0, 0.05) is 6.04 Å². The molecular weight excluding hydrogens is 234 g/mol. The molecule has 3 unspecified atom stereocenters. The Labute approximate surface area is 116 Å². The minimum absolute atomic E-state index is 0.487. The maximum atomic E-state index is 5.82. The molecule has 0 aromatic heterocycles. The molecule has 2 nitrogen and oxygen atoms in total. The molecule has 0 bridgehead atoms. The normalized spacial score (nSPS) is 28.3. The Balaban J connectivity index is 1.71. The molecule has 2 fully saturated rings. The average Bonchev–Trinajstić information content (AvgIpc) is 3.14. The molecule has 0 heterocycles. The summed E-state index contributed by atoms with van der Waals surface area (Å²) in [5.41, 5.74) is 1.41. The molecule has 0 radical (unpaired) electrons. The van der Waals surface area contributed by atoms with Crippen LogP contribution in [0, 0.1) is 11.8 Å². The lowest BCUT2D eigenvalue weighted by Crippen LogP contribution is -2.26. The van der Waals surface area contributed by atoms with Crippen molar-refractivity contribution in [1.29, 1.82) is 0 Å². The van der Waals surface area contributed by atoms with Crippen molar-refractivity contribution in [3.63, 3.8) is 0 Å². The highest BCUT2D eigenvalue weighted by Gasteiger charge is 2.31. The van der Waals surface area contributed by atoms with Gasteiger partial charge in [-0.3, -0.25) is 0 Å². The first kappa shape index (κ1) is 13.0. The molecule has 1 aromatic carbocycles. The lowest BCUT2D eigenvalue weighted by Gasteiger charge is -2.27. The van der Waals surface area contributed by atoms with Crippen molar-refractivity contribution in [2.24, 2.45) is 11.8 Å². The van der Waals surface area contributed by atoms with Gasteiger partial charge in [-0.2, -0.15) is 0 Å². The average molecular weight is 259 g/mol. The third-order valence-electron chi connectivity index (χ3n) is 4.73. The molecule has 3 rings (SSSR count). The molecule has 2 aliphatic carbocycles.